The van der Waals surface area contributed by atoms with Gasteiger partial charge in [0.1, 0.15) is 5.15 Å². The van der Waals surface area contributed by atoms with E-state index >= 15 is 0 Å². The van der Waals surface area contributed by atoms with Crippen LogP contribution in [-0.4, -0.2) is 12.1 Å². The van der Waals surface area contributed by atoms with E-state index in [1.807, 2.05) is 6.07 Å². The maximum absolute atomic E-state index is 5.85. The van der Waals surface area contributed by atoms with E-state index < -0.39 is 0 Å². The van der Waals surface area contributed by atoms with Gasteiger partial charge >= 0.3 is 0 Å². The Morgan fingerprint density at radius 1 is 1.26 bits per heavy atom. The second-order valence-electron chi connectivity index (χ2n) is 4.10. The molecule has 0 spiro atoms. The average molecular weight is 342 g/mol. The van der Waals surface area contributed by atoms with E-state index in [0.717, 1.165) is 16.7 Å². The van der Waals surface area contributed by atoms with E-state index in [4.69, 9.17) is 16.3 Å². The molecule has 1 aromatic heterocycles. The van der Waals surface area contributed by atoms with Gasteiger partial charge in [0.15, 0.2) is 0 Å². The van der Waals surface area contributed by atoms with Crippen LogP contribution in [0.4, 0.5) is 5.69 Å². The molecule has 0 fully saturated rings. The molecule has 1 N–H and O–H groups in total. The highest BCUT2D eigenvalue weighted by molar-refractivity contribution is 9.10. The predicted molar refractivity (Wildman–Crippen MR) is 81.4 cm³/mol. The lowest BCUT2D eigenvalue weighted by Gasteiger charge is -2.08. The molecule has 0 aliphatic heterocycles. The third-order valence-corrected chi connectivity index (χ3v) is 3.76. The number of nitrogens with one attached hydrogen (secondary N) is 1. The van der Waals surface area contributed by atoms with E-state index in [1.165, 1.54) is 11.1 Å². The van der Waals surface area contributed by atoms with Crippen molar-refractivity contribution in [3.05, 3.63) is 57.3 Å². The first-order valence-electron chi connectivity index (χ1n) is 5.80. The van der Waals surface area contributed by atoms with Gasteiger partial charge in [0.05, 0.1) is 23.0 Å². The van der Waals surface area contributed by atoms with Gasteiger partial charge in [0, 0.05) is 13.7 Å². The van der Waals surface area contributed by atoms with Crippen LogP contribution < -0.4 is 5.32 Å². The molecule has 5 heteroatoms. The molecule has 0 amide bonds. The highest BCUT2D eigenvalue weighted by Gasteiger charge is 2.00. The van der Waals surface area contributed by atoms with E-state index in [9.17, 15) is 0 Å². The first kappa shape index (κ1) is 14.3. The number of pyridine rings is 1. The zero-order valence-electron chi connectivity index (χ0n) is 10.5. The van der Waals surface area contributed by atoms with Gasteiger partial charge in [-0.15, -0.1) is 0 Å². The fraction of sp³-hybridized carbons (Fsp3) is 0.214. The molecule has 0 aliphatic rings. The van der Waals surface area contributed by atoms with Crippen LogP contribution in [-0.2, 0) is 17.9 Å². The molecule has 19 heavy (non-hydrogen) atoms. The third kappa shape index (κ3) is 4.20. The Labute approximate surface area is 126 Å². The molecule has 3 nitrogen and oxygen atoms in total. The number of rotatable bonds is 5. The summed E-state index contributed by atoms with van der Waals surface area (Å²) in [4.78, 5) is 4.07. The zero-order valence-corrected chi connectivity index (χ0v) is 12.8. The lowest BCUT2D eigenvalue weighted by Crippen LogP contribution is -2.00. The number of halogens is 2. The quantitative estimate of drug-likeness (QED) is 0.825. The van der Waals surface area contributed by atoms with Crippen molar-refractivity contribution < 1.29 is 4.74 Å². The van der Waals surface area contributed by atoms with Gasteiger partial charge in [-0.05, 0) is 33.1 Å². The van der Waals surface area contributed by atoms with Crippen molar-refractivity contribution in [2.75, 3.05) is 12.4 Å². The van der Waals surface area contributed by atoms with Crippen molar-refractivity contribution in [1.82, 2.24) is 4.98 Å². The topological polar surface area (TPSA) is 34.1 Å². The summed E-state index contributed by atoms with van der Waals surface area (Å²) in [5.41, 5.74) is 3.30. The summed E-state index contributed by atoms with van der Waals surface area (Å²) in [5.74, 6) is 0. The molecule has 0 radical (unpaired) electrons. The molecule has 1 heterocycles. The summed E-state index contributed by atoms with van der Waals surface area (Å²) >= 11 is 9.20. The molecule has 0 saturated heterocycles. The largest absolute Gasteiger partial charge is 0.380 e. The Bertz CT molecular complexity index is 546. The van der Waals surface area contributed by atoms with Gasteiger partial charge in [-0.3, -0.25) is 0 Å². The van der Waals surface area contributed by atoms with Crippen LogP contribution in [0.25, 0.3) is 0 Å². The maximum Gasteiger partial charge on any atom is 0.143 e. The van der Waals surface area contributed by atoms with E-state index in [2.05, 4.69) is 50.5 Å². The standard InChI is InChI=1S/C14H14BrClN2O/c1-19-9-11-4-2-10(3-5-11)7-17-12-6-13(15)14(16)18-8-12/h2-6,8,17H,7,9H2,1H3. The van der Waals surface area contributed by atoms with Crippen molar-refractivity contribution >= 4 is 33.2 Å². The van der Waals surface area contributed by atoms with Crippen LogP contribution in [0.15, 0.2) is 41.0 Å². The predicted octanol–water partition coefficient (Wildman–Crippen LogP) is 4.26. The van der Waals surface area contributed by atoms with E-state index in [1.54, 1.807) is 13.3 Å². The molecule has 0 atom stereocenters. The number of anilines is 1. The van der Waals surface area contributed by atoms with Crippen LogP contribution in [0, 0.1) is 0 Å². The van der Waals surface area contributed by atoms with Gasteiger partial charge < -0.3 is 10.1 Å². The summed E-state index contributed by atoms with van der Waals surface area (Å²) < 4.78 is 5.87. The molecule has 100 valence electrons. The van der Waals surface area contributed by atoms with Crippen molar-refractivity contribution in [2.45, 2.75) is 13.2 Å². The number of hydrogen-bond donors (Lipinski definition) is 1. The second kappa shape index (κ2) is 6.89. The second-order valence-corrected chi connectivity index (χ2v) is 5.31. The van der Waals surface area contributed by atoms with Gasteiger partial charge in [-0.25, -0.2) is 4.98 Å². The molecule has 0 aliphatic carbocycles. The molecule has 0 bridgehead atoms. The normalized spacial score (nSPS) is 10.5. The highest BCUT2D eigenvalue weighted by Crippen LogP contribution is 2.23. The fourth-order valence-electron chi connectivity index (χ4n) is 1.64. The Hall–Kier alpha value is -1.10. The monoisotopic (exact) mass is 340 g/mol. The molecular weight excluding hydrogens is 328 g/mol. The highest BCUT2D eigenvalue weighted by atomic mass is 79.9. The Morgan fingerprint density at radius 3 is 2.58 bits per heavy atom. The average Bonchev–Trinajstić information content (AvgIpc) is 2.42. The number of aromatic nitrogens is 1. The molecule has 2 aromatic rings. The minimum atomic E-state index is 0.467. The summed E-state index contributed by atoms with van der Waals surface area (Å²) in [6.07, 6.45) is 1.71. The van der Waals surface area contributed by atoms with Gasteiger partial charge in [-0.1, -0.05) is 35.9 Å². The number of benzene rings is 1. The summed E-state index contributed by atoms with van der Waals surface area (Å²) in [7, 11) is 1.70. The summed E-state index contributed by atoms with van der Waals surface area (Å²) in [5, 5.41) is 3.77. The number of hydrogen-bond acceptors (Lipinski definition) is 3. The van der Waals surface area contributed by atoms with Crippen molar-refractivity contribution in [2.24, 2.45) is 0 Å². The Kier molecular flexibility index (Phi) is 5.19. The summed E-state index contributed by atoms with van der Waals surface area (Å²) in [6, 6.07) is 10.2. The minimum Gasteiger partial charge on any atom is -0.380 e. The van der Waals surface area contributed by atoms with Crippen LogP contribution in [0.2, 0.25) is 5.15 Å². The SMILES string of the molecule is COCc1ccc(CNc2cnc(Cl)c(Br)c2)cc1. The van der Waals surface area contributed by atoms with Crippen molar-refractivity contribution in [3.8, 4) is 0 Å². The van der Waals surface area contributed by atoms with Crippen LogP contribution in [0.5, 0.6) is 0 Å². The lowest BCUT2D eigenvalue weighted by atomic mass is 10.1. The number of ether oxygens (including phenoxy) is 1. The Morgan fingerprint density at radius 2 is 1.95 bits per heavy atom. The smallest absolute Gasteiger partial charge is 0.143 e. The number of methoxy groups -OCH3 is 1. The molecular formula is C14H14BrClN2O. The molecule has 0 unspecified atom stereocenters. The molecule has 2 rings (SSSR count). The zero-order chi connectivity index (χ0) is 13.7. The lowest BCUT2D eigenvalue weighted by molar-refractivity contribution is 0.185. The van der Waals surface area contributed by atoms with Crippen molar-refractivity contribution in [3.63, 3.8) is 0 Å². The first-order chi connectivity index (χ1) is 9.19. The Balaban J connectivity index is 1.96. The minimum absolute atomic E-state index is 0.467. The third-order valence-electron chi connectivity index (χ3n) is 2.63. The summed E-state index contributed by atoms with van der Waals surface area (Å²) in [6.45, 7) is 1.38. The molecule has 0 saturated carbocycles. The molecule has 1 aromatic carbocycles. The van der Waals surface area contributed by atoms with Crippen LogP contribution in [0.3, 0.4) is 0 Å². The van der Waals surface area contributed by atoms with Gasteiger partial charge in [0.2, 0.25) is 0 Å². The van der Waals surface area contributed by atoms with Crippen LogP contribution >= 0.6 is 27.5 Å². The van der Waals surface area contributed by atoms with Gasteiger partial charge in [-0.2, -0.15) is 0 Å². The van der Waals surface area contributed by atoms with Crippen molar-refractivity contribution in [1.29, 1.82) is 0 Å². The van der Waals surface area contributed by atoms with E-state index in [0.29, 0.717) is 11.8 Å². The van der Waals surface area contributed by atoms with Gasteiger partial charge in [0.25, 0.3) is 0 Å². The van der Waals surface area contributed by atoms with E-state index in [-0.39, 0.29) is 0 Å². The maximum atomic E-state index is 5.85. The number of nitrogens with zero attached hydrogens (tertiary/aromatic N) is 1. The van der Waals surface area contributed by atoms with Crippen LogP contribution in [0.1, 0.15) is 11.1 Å². The fourth-order valence-corrected chi connectivity index (χ4v) is 2.09. The first-order valence-corrected chi connectivity index (χ1v) is 6.98.